The van der Waals surface area contributed by atoms with Gasteiger partial charge < -0.3 is 15.2 Å². The predicted molar refractivity (Wildman–Crippen MR) is 102 cm³/mol. The van der Waals surface area contributed by atoms with Gasteiger partial charge in [-0.2, -0.15) is 18.3 Å². The lowest BCUT2D eigenvalue weighted by atomic mass is 10.0. The van der Waals surface area contributed by atoms with Crippen molar-refractivity contribution in [3.8, 4) is 0 Å². The van der Waals surface area contributed by atoms with Gasteiger partial charge in [0.1, 0.15) is 23.7 Å². The standard InChI is InChI=1S/C16H14BrF3N4O6S/c1-5(25)30-3-6-4-31-14-9(13(27)24(14)10(6)15(28)29)21-12(26)8-7(17)11(16(18,19)20)23(2)22-8/h9,14H,3-4H2,1-2H3,(H,21,26)(H,28,29)/t9-,14-/m1/s1. The first-order valence-corrected chi connectivity index (χ1v) is 10.3. The fraction of sp³-hybridized carbons (Fsp3) is 0.438. The number of carboxylic acid groups (broad SMARTS) is 1. The molecule has 0 aliphatic carbocycles. The van der Waals surface area contributed by atoms with Gasteiger partial charge in [0.15, 0.2) is 11.4 Å². The molecule has 2 N–H and O–H groups in total. The number of hydrogen-bond acceptors (Lipinski definition) is 7. The summed E-state index contributed by atoms with van der Waals surface area (Å²) in [5, 5.41) is 14.6. The summed E-state index contributed by atoms with van der Waals surface area (Å²) >= 11 is 3.85. The van der Waals surface area contributed by atoms with Crippen LogP contribution in [-0.2, 0) is 32.3 Å². The van der Waals surface area contributed by atoms with Gasteiger partial charge in [-0.3, -0.25) is 24.0 Å². The number of amides is 2. The monoisotopic (exact) mass is 526 g/mol. The number of ether oxygens (including phenoxy) is 1. The molecule has 0 saturated carbocycles. The molecular formula is C16H14BrF3N4O6S. The summed E-state index contributed by atoms with van der Waals surface area (Å²) in [5.41, 5.74) is -1.87. The average molecular weight is 527 g/mol. The summed E-state index contributed by atoms with van der Waals surface area (Å²) < 4.78 is 44.0. The lowest BCUT2D eigenvalue weighted by Crippen LogP contribution is -2.70. The maximum Gasteiger partial charge on any atom is 0.434 e. The van der Waals surface area contributed by atoms with E-state index < -0.39 is 57.2 Å². The first-order chi connectivity index (χ1) is 14.3. The van der Waals surface area contributed by atoms with Gasteiger partial charge in [-0.15, -0.1) is 11.8 Å². The van der Waals surface area contributed by atoms with Gasteiger partial charge in [-0.05, 0) is 15.9 Å². The maximum atomic E-state index is 13.1. The Hall–Kier alpha value is -2.55. The fourth-order valence-electron chi connectivity index (χ4n) is 3.14. The number of fused-ring (bicyclic) bond motifs is 1. The lowest BCUT2D eigenvalue weighted by Gasteiger charge is -2.49. The highest BCUT2D eigenvalue weighted by Gasteiger charge is 2.54. The van der Waals surface area contributed by atoms with Crippen LogP contribution in [0, 0.1) is 0 Å². The van der Waals surface area contributed by atoms with E-state index in [1.165, 1.54) is 0 Å². The number of halogens is 4. The van der Waals surface area contributed by atoms with Crippen LogP contribution in [0.2, 0.25) is 0 Å². The van der Waals surface area contributed by atoms with Crippen molar-refractivity contribution in [2.24, 2.45) is 7.05 Å². The number of carboxylic acids is 1. The molecule has 3 heterocycles. The number of alkyl halides is 3. The zero-order valence-corrected chi connectivity index (χ0v) is 18.2. The van der Waals surface area contributed by atoms with E-state index in [0.717, 1.165) is 30.6 Å². The first kappa shape index (κ1) is 23.1. The molecule has 1 saturated heterocycles. The normalized spacial score (nSPS) is 20.8. The summed E-state index contributed by atoms with van der Waals surface area (Å²) in [6, 6.07) is -1.16. The zero-order chi connectivity index (χ0) is 23.2. The minimum absolute atomic E-state index is 0.112. The second-order valence-electron chi connectivity index (χ2n) is 6.53. The Morgan fingerprint density at radius 2 is 2.03 bits per heavy atom. The van der Waals surface area contributed by atoms with E-state index in [1.54, 1.807) is 0 Å². The number of nitrogens with one attached hydrogen (secondary N) is 1. The second kappa shape index (κ2) is 8.18. The number of β-lactam (4-membered cyclic amide) rings is 1. The minimum atomic E-state index is -4.76. The number of carbonyl (C=O) groups is 4. The maximum absolute atomic E-state index is 13.1. The number of aliphatic carboxylic acids is 1. The Morgan fingerprint density at radius 3 is 2.55 bits per heavy atom. The molecule has 1 fully saturated rings. The third-order valence-electron chi connectivity index (χ3n) is 4.46. The van der Waals surface area contributed by atoms with E-state index in [4.69, 9.17) is 4.74 Å². The predicted octanol–water partition coefficient (Wildman–Crippen LogP) is 1.12. The van der Waals surface area contributed by atoms with E-state index in [-0.39, 0.29) is 23.6 Å². The number of carbonyl (C=O) groups excluding carboxylic acids is 3. The van der Waals surface area contributed by atoms with E-state index >= 15 is 0 Å². The molecule has 0 radical (unpaired) electrons. The molecule has 0 bridgehead atoms. The largest absolute Gasteiger partial charge is 0.477 e. The van der Waals surface area contributed by atoms with E-state index in [0.29, 0.717) is 4.68 Å². The molecule has 2 atom stereocenters. The molecule has 3 rings (SSSR count). The van der Waals surface area contributed by atoms with Gasteiger partial charge >= 0.3 is 18.1 Å². The smallest absolute Gasteiger partial charge is 0.434 e. The van der Waals surface area contributed by atoms with Crippen molar-refractivity contribution in [2.45, 2.75) is 24.5 Å². The Bertz CT molecular complexity index is 1020. The van der Waals surface area contributed by atoms with Crippen LogP contribution in [0.25, 0.3) is 0 Å². The molecule has 2 amide bonds. The number of aromatic nitrogens is 2. The zero-order valence-electron chi connectivity index (χ0n) is 15.8. The number of esters is 1. The second-order valence-corrected chi connectivity index (χ2v) is 8.43. The molecule has 168 valence electrons. The summed E-state index contributed by atoms with van der Waals surface area (Å²) in [5.74, 6) is -3.70. The molecule has 0 spiro atoms. The van der Waals surface area contributed by atoms with Crippen molar-refractivity contribution < 1.29 is 42.2 Å². The van der Waals surface area contributed by atoms with Crippen LogP contribution in [0.4, 0.5) is 13.2 Å². The number of aryl methyl sites for hydroxylation is 1. The van der Waals surface area contributed by atoms with Crippen LogP contribution in [-0.4, -0.2) is 67.3 Å². The molecule has 0 unspecified atom stereocenters. The van der Waals surface area contributed by atoms with Gasteiger partial charge in [0, 0.05) is 25.3 Å². The number of thioether (sulfide) groups is 1. The highest BCUT2D eigenvalue weighted by Crippen LogP contribution is 2.41. The fourth-order valence-corrected chi connectivity index (χ4v) is 5.21. The molecule has 15 heteroatoms. The van der Waals surface area contributed by atoms with Crippen LogP contribution in [0.3, 0.4) is 0 Å². The molecule has 1 aromatic rings. The van der Waals surface area contributed by atoms with E-state index in [2.05, 4.69) is 26.3 Å². The van der Waals surface area contributed by atoms with Crippen LogP contribution in [0.15, 0.2) is 15.7 Å². The Balaban J connectivity index is 1.80. The Morgan fingerprint density at radius 1 is 1.39 bits per heavy atom. The number of nitrogens with zero attached hydrogens (tertiary/aromatic N) is 3. The molecule has 31 heavy (non-hydrogen) atoms. The van der Waals surface area contributed by atoms with E-state index in [1.807, 2.05) is 0 Å². The van der Waals surface area contributed by atoms with Gasteiger partial charge in [-0.1, -0.05) is 0 Å². The van der Waals surface area contributed by atoms with E-state index in [9.17, 15) is 37.5 Å². The molecule has 10 nitrogen and oxygen atoms in total. The van der Waals surface area contributed by atoms with Crippen molar-refractivity contribution in [1.82, 2.24) is 20.0 Å². The van der Waals surface area contributed by atoms with Gasteiger partial charge in [0.2, 0.25) is 0 Å². The summed E-state index contributed by atoms with van der Waals surface area (Å²) in [6.45, 7) is 0.846. The molecular weight excluding hydrogens is 513 g/mol. The van der Waals surface area contributed by atoms with Crippen LogP contribution < -0.4 is 5.32 Å². The molecule has 1 aromatic heterocycles. The quantitative estimate of drug-likeness (QED) is 0.431. The topological polar surface area (TPSA) is 131 Å². The Labute approximate surface area is 184 Å². The SMILES string of the molecule is CC(=O)OCC1=C(C(=O)O)N2C(=O)[C@@H](NC(=O)c3nn(C)c(C(F)(F)F)c3Br)[C@H]2SC1. The van der Waals surface area contributed by atoms with Crippen molar-refractivity contribution in [3.63, 3.8) is 0 Å². The van der Waals surface area contributed by atoms with Crippen LogP contribution >= 0.6 is 27.7 Å². The third-order valence-corrected chi connectivity index (χ3v) is 6.55. The average Bonchev–Trinajstić information content (AvgIpc) is 2.97. The van der Waals surface area contributed by atoms with Crippen molar-refractivity contribution >= 4 is 51.4 Å². The molecule has 2 aliphatic heterocycles. The van der Waals surface area contributed by atoms with Crippen molar-refractivity contribution in [3.05, 3.63) is 27.1 Å². The minimum Gasteiger partial charge on any atom is -0.477 e. The summed E-state index contributed by atoms with van der Waals surface area (Å²) in [7, 11) is 1.02. The molecule has 0 aromatic carbocycles. The van der Waals surface area contributed by atoms with Gasteiger partial charge in [0.25, 0.3) is 11.8 Å². The van der Waals surface area contributed by atoms with Crippen LogP contribution in [0.1, 0.15) is 23.1 Å². The van der Waals surface area contributed by atoms with Crippen molar-refractivity contribution in [1.29, 1.82) is 0 Å². The van der Waals surface area contributed by atoms with Crippen LogP contribution in [0.5, 0.6) is 0 Å². The highest BCUT2D eigenvalue weighted by atomic mass is 79.9. The lowest BCUT2D eigenvalue weighted by molar-refractivity contribution is -0.149. The summed E-state index contributed by atoms with van der Waals surface area (Å²) in [6.07, 6.45) is -4.76. The third kappa shape index (κ3) is 4.15. The van der Waals surface area contributed by atoms with Gasteiger partial charge in [-0.25, -0.2) is 4.79 Å². The Kier molecular flexibility index (Phi) is 6.10. The number of hydrogen-bond donors (Lipinski definition) is 2. The summed E-state index contributed by atoms with van der Waals surface area (Å²) in [4.78, 5) is 48.7. The first-order valence-electron chi connectivity index (χ1n) is 8.48. The number of rotatable bonds is 5. The highest BCUT2D eigenvalue weighted by molar-refractivity contribution is 9.10. The van der Waals surface area contributed by atoms with Crippen molar-refractivity contribution in [2.75, 3.05) is 12.4 Å². The van der Waals surface area contributed by atoms with Gasteiger partial charge in [0.05, 0.1) is 4.47 Å². The molecule has 2 aliphatic rings.